The van der Waals surface area contributed by atoms with E-state index in [4.69, 9.17) is 5.73 Å². The molecule has 0 heterocycles. The fraction of sp³-hybridized carbons (Fsp3) is 0.100. The van der Waals surface area contributed by atoms with E-state index in [2.05, 4.69) is 11.9 Å². The Labute approximate surface area is 77.3 Å². The first-order chi connectivity index (χ1) is 6.24. The topological polar surface area (TPSA) is 55.1 Å². The molecule has 1 unspecified atom stereocenters. The van der Waals surface area contributed by atoms with Gasteiger partial charge in [-0.2, -0.15) is 0 Å². The van der Waals surface area contributed by atoms with E-state index in [1.54, 1.807) is 0 Å². The monoisotopic (exact) mass is 176 g/mol. The van der Waals surface area contributed by atoms with Crippen molar-refractivity contribution in [2.45, 2.75) is 6.04 Å². The van der Waals surface area contributed by atoms with Crippen molar-refractivity contribution in [1.82, 2.24) is 0 Å². The predicted octanol–water partition coefficient (Wildman–Crippen LogP) is 1.14. The summed E-state index contributed by atoms with van der Waals surface area (Å²) in [6, 6.07) is 8.87. The molecule has 0 saturated heterocycles. The van der Waals surface area contributed by atoms with Gasteiger partial charge in [0.05, 0.1) is 0 Å². The minimum atomic E-state index is -0.512. The van der Waals surface area contributed by atoms with Crippen LogP contribution >= 0.6 is 0 Å². The highest BCUT2D eigenvalue weighted by Crippen LogP contribution is 2.06. The van der Waals surface area contributed by atoms with Gasteiger partial charge in [-0.05, 0) is 12.1 Å². The van der Waals surface area contributed by atoms with Gasteiger partial charge >= 0.3 is 0 Å². The summed E-state index contributed by atoms with van der Waals surface area (Å²) in [6.45, 7) is 3.52. The van der Waals surface area contributed by atoms with Gasteiger partial charge in [0.2, 0.25) is 5.91 Å². The Balaban J connectivity index is 2.67. The number of hydrogen-bond acceptors (Lipinski definition) is 2. The molecular formula is C10H12N2O. The van der Waals surface area contributed by atoms with E-state index >= 15 is 0 Å². The van der Waals surface area contributed by atoms with Crippen molar-refractivity contribution in [1.29, 1.82) is 0 Å². The molecule has 1 aromatic carbocycles. The largest absolute Gasteiger partial charge is 0.371 e. The highest BCUT2D eigenvalue weighted by molar-refractivity contribution is 5.84. The summed E-state index contributed by atoms with van der Waals surface area (Å²) in [4.78, 5) is 10.8. The van der Waals surface area contributed by atoms with Crippen molar-refractivity contribution in [3.63, 3.8) is 0 Å². The number of nitrogens with one attached hydrogen (secondary N) is 1. The van der Waals surface area contributed by atoms with Gasteiger partial charge in [-0.1, -0.05) is 24.3 Å². The Kier molecular flexibility index (Phi) is 3.09. The maximum Gasteiger partial charge on any atom is 0.243 e. The van der Waals surface area contributed by atoms with Gasteiger partial charge in [-0.25, -0.2) is 0 Å². The van der Waals surface area contributed by atoms with Gasteiger partial charge in [0.1, 0.15) is 6.04 Å². The highest BCUT2D eigenvalue weighted by atomic mass is 16.1. The summed E-state index contributed by atoms with van der Waals surface area (Å²) in [7, 11) is 0. The Morgan fingerprint density at radius 2 is 2.08 bits per heavy atom. The van der Waals surface area contributed by atoms with Crippen LogP contribution in [0.1, 0.15) is 0 Å². The molecule has 3 nitrogen and oxygen atoms in total. The number of anilines is 1. The van der Waals surface area contributed by atoms with Crippen LogP contribution < -0.4 is 11.1 Å². The molecule has 13 heavy (non-hydrogen) atoms. The van der Waals surface area contributed by atoms with E-state index < -0.39 is 11.9 Å². The molecule has 0 bridgehead atoms. The third kappa shape index (κ3) is 2.63. The third-order valence-corrected chi connectivity index (χ3v) is 1.64. The summed E-state index contributed by atoms with van der Waals surface area (Å²) in [6.07, 6.45) is 1.48. The van der Waals surface area contributed by atoms with Gasteiger partial charge in [-0.15, -0.1) is 6.58 Å². The summed E-state index contributed by atoms with van der Waals surface area (Å²) < 4.78 is 0. The zero-order valence-electron chi connectivity index (χ0n) is 7.23. The first-order valence-electron chi connectivity index (χ1n) is 3.97. The van der Waals surface area contributed by atoms with Crippen LogP contribution in [-0.4, -0.2) is 11.9 Å². The van der Waals surface area contributed by atoms with E-state index in [-0.39, 0.29) is 0 Å². The molecule has 68 valence electrons. The van der Waals surface area contributed by atoms with E-state index in [9.17, 15) is 4.79 Å². The summed E-state index contributed by atoms with van der Waals surface area (Å²) in [5, 5.41) is 2.94. The average molecular weight is 176 g/mol. The number of amides is 1. The standard InChI is InChI=1S/C10H12N2O/c1-2-9(10(11)13)12-8-6-4-3-5-7-8/h2-7,9,12H,1H2,(H2,11,13). The highest BCUT2D eigenvalue weighted by Gasteiger charge is 2.08. The molecular weight excluding hydrogens is 164 g/mol. The predicted molar refractivity (Wildman–Crippen MR) is 53.2 cm³/mol. The maximum atomic E-state index is 10.8. The number of nitrogens with two attached hydrogens (primary N) is 1. The van der Waals surface area contributed by atoms with Crippen molar-refractivity contribution in [3.05, 3.63) is 43.0 Å². The summed E-state index contributed by atoms with van der Waals surface area (Å²) in [5.74, 6) is -0.432. The van der Waals surface area contributed by atoms with Crippen molar-refractivity contribution < 1.29 is 4.79 Å². The second-order valence-corrected chi connectivity index (χ2v) is 2.63. The summed E-state index contributed by atoms with van der Waals surface area (Å²) >= 11 is 0. The number of benzene rings is 1. The van der Waals surface area contributed by atoms with E-state index in [0.29, 0.717) is 0 Å². The second-order valence-electron chi connectivity index (χ2n) is 2.63. The average Bonchev–Trinajstić information content (AvgIpc) is 2.15. The van der Waals surface area contributed by atoms with Crippen LogP contribution in [0.25, 0.3) is 0 Å². The van der Waals surface area contributed by atoms with Gasteiger partial charge in [0.25, 0.3) is 0 Å². The second kappa shape index (κ2) is 4.30. The number of rotatable bonds is 4. The van der Waals surface area contributed by atoms with E-state index in [1.165, 1.54) is 6.08 Å². The molecule has 3 heteroatoms. The molecule has 0 fully saturated rings. The van der Waals surface area contributed by atoms with Crippen molar-refractivity contribution >= 4 is 11.6 Å². The molecule has 0 spiro atoms. The third-order valence-electron chi connectivity index (χ3n) is 1.64. The lowest BCUT2D eigenvalue weighted by Crippen LogP contribution is -2.33. The Morgan fingerprint density at radius 3 is 2.54 bits per heavy atom. The molecule has 1 atom stereocenters. The number of hydrogen-bond donors (Lipinski definition) is 2. The Bertz CT molecular complexity index is 295. The first kappa shape index (κ1) is 9.32. The Morgan fingerprint density at radius 1 is 1.46 bits per heavy atom. The van der Waals surface area contributed by atoms with Gasteiger partial charge in [-0.3, -0.25) is 4.79 Å². The molecule has 0 radical (unpaired) electrons. The molecule has 0 aliphatic rings. The van der Waals surface area contributed by atoms with Gasteiger partial charge < -0.3 is 11.1 Å². The van der Waals surface area contributed by atoms with Crippen LogP contribution in [0.4, 0.5) is 5.69 Å². The number of primary amides is 1. The van der Waals surface area contributed by atoms with Crippen LogP contribution in [0.2, 0.25) is 0 Å². The SMILES string of the molecule is C=CC(Nc1ccccc1)C(N)=O. The van der Waals surface area contributed by atoms with Crippen LogP contribution in [0.15, 0.2) is 43.0 Å². The molecule has 0 aromatic heterocycles. The minimum absolute atomic E-state index is 0.432. The van der Waals surface area contributed by atoms with Crippen molar-refractivity contribution in [2.75, 3.05) is 5.32 Å². The van der Waals surface area contributed by atoms with Crippen LogP contribution in [0, 0.1) is 0 Å². The fourth-order valence-corrected chi connectivity index (χ4v) is 0.960. The minimum Gasteiger partial charge on any atom is -0.371 e. The molecule has 1 amide bonds. The van der Waals surface area contributed by atoms with Crippen LogP contribution in [0.5, 0.6) is 0 Å². The first-order valence-corrected chi connectivity index (χ1v) is 3.97. The number of carbonyl (C=O) groups excluding carboxylic acids is 1. The summed E-state index contributed by atoms with van der Waals surface area (Å²) in [5.41, 5.74) is 5.98. The molecule has 3 N–H and O–H groups in total. The van der Waals surface area contributed by atoms with E-state index in [1.807, 2.05) is 30.3 Å². The smallest absolute Gasteiger partial charge is 0.243 e. The molecule has 0 saturated carbocycles. The zero-order valence-corrected chi connectivity index (χ0v) is 7.23. The van der Waals surface area contributed by atoms with Crippen LogP contribution in [-0.2, 0) is 4.79 Å². The quantitative estimate of drug-likeness (QED) is 0.676. The molecule has 0 aliphatic carbocycles. The lowest BCUT2D eigenvalue weighted by atomic mass is 10.2. The fourth-order valence-electron chi connectivity index (χ4n) is 0.960. The van der Waals surface area contributed by atoms with Crippen LogP contribution in [0.3, 0.4) is 0 Å². The van der Waals surface area contributed by atoms with Crippen molar-refractivity contribution in [2.24, 2.45) is 5.73 Å². The maximum absolute atomic E-state index is 10.8. The lowest BCUT2D eigenvalue weighted by molar-refractivity contribution is -0.117. The van der Waals surface area contributed by atoms with Gasteiger partial charge in [0.15, 0.2) is 0 Å². The Hall–Kier alpha value is -1.77. The zero-order chi connectivity index (χ0) is 9.68. The molecule has 1 rings (SSSR count). The molecule has 0 aliphatic heterocycles. The van der Waals surface area contributed by atoms with E-state index in [0.717, 1.165) is 5.69 Å². The normalized spacial score (nSPS) is 11.7. The lowest BCUT2D eigenvalue weighted by Gasteiger charge is -2.11. The van der Waals surface area contributed by atoms with Crippen molar-refractivity contribution in [3.8, 4) is 0 Å². The molecule has 1 aromatic rings. The number of carbonyl (C=O) groups is 1. The van der Waals surface area contributed by atoms with Gasteiger partial charge in [0, 0.05) is 5.69 Å². The number of para-hydroxylation sites is 1.